The molecule has 21 heavy (non-hydrogen) atoms. The summed E-state index contributed by atoms with van der Waals surface area (Å²) in [6.45, 7) is 1.50. The zero-order chi connectivity index (χ0) is 15.1. The Hall–Kier alpha value is -1.40. The summed E-state index contributed by atoms with van der Waals surface area (Å²) >= 11 is 0. The molecule has 0 bridgehead atoms. The van der Waals surface area contributed by atoms with Crippen LogP contribution in [0.4, 0.5) is 0 Å². The predicted molar refractivity (Wildman–Crippen MR) is 79.8 cm³/mol. The van der Waals surface area contributed by atoms with Crippen LogP contribution in [0, 0.1) is 0 Å². The van der Waals surface area contributed by atoms with Crippen LogP contribution in [0.2, 0.25) is 0 Å². The van der Waals surface area contributed by atoms with Crippen LogP contribution in [-0.2, 0) is 14.8 Å². The van der Waals surface area contributed by atoms with Crippen molar-refractivity contribution in [1.29, 1.82) is 0 Å². The van der Waals surface area contributed by atoms with Gasteiger partial charge in [-0.25, -0.2) is 8.42 Å². The molecular formula is C15H21NO4S. The SMILES string of the molecule is O=CCCOc1ccc(S(=O)(=O)N2CCCCCC2)cc1. The second-order valence-electron chi connectivity index (χ2n) is 5.09. The van der Waals surface area contributed by atoms with E-state index in [1.54, 1.807) is 28.6 Å². The maximum atomic E-state index is 12.6. The molecule has 6 heteroatoms. The van der Waals surface area contributed by atoms with Crippen molar-refractivity contribution >= 4 is 16.3 Å². The third kappa shape index (κ3) is 4.28. The molecular weight excluding hydrogens is 290 g/mol. The molecule has 1 aromatic carbocycles. The van der Waals surface area contributed by atoms with Gasteiger partial charge in [-0.05, 0) is 37.1 Å². The topological polar surface area (TPSA) is 63.7 Å². The number of benzene rings is 1. The highest BCUT2D eigenvalue weighted by Gasteiger charge is 2.24. The van der Waals surface area contributed by atoms with E-state index >= 15 is 0 Å². The van der Waals surface area contributed by atoms with Crippen molar-refractivity contribution in [3.8, 4) is 5.75 Å². The smallest absolute Gasteiger partial charge is 0.243 e. The molecule has 1 heterocycles. The number of hydrogen-bond acceptors (Lipinski definition) is 4. The lowest BCUT2D eigenvalue weighted by Gasteiger charge is -2.20. The van der Waals surface area contributed by atoms with E-state index in [9.17, 15) is 13.2 Å². The second kappa shape index (κ2) is 7.56. The van der Waals surface area contributed by atoms with Crippen molar-refractivity contribution in [2.24, 2.45) is 0 Å². The van der Waals surface area contributed by atoms with E-state index in [4.69, 9.17) is 4.74 Å². The summed E-state index contributed by atoms with van der Waals surface area (Å²) in [5.41, 5.74) is 0. The third-order valence-electron chi connectivity index (χ3n) is 3.53. The number of aldehydes is 1. The highest BCUT2D eigenvalue weighted by atomic mass is 32.2. The van der Waals surface area contributed by atoms with E-state index in [1.165, 1.54) is 0 Å². The molecule has 1 saturated heterocycles. The summed E-state index contributed by atoms with van der Waals surface area (Å²) in [4.78, 5) is 10.5. The Bertz CT molecular complexity index is 546. The Labute approximate surface area is 126 Å². The van der Waals surface area contributed by atoms with E-state index in [0.717, 1.165) is 32.0 Å². The van der Waals surface area contributed by atoms with E-state index in [2.05, 4.69) is 0 Å². The fourth-order valence-corrected chi connectivity index (χ4v) is 3.88. The van der Waals surface area contributed by atoms with Gasteiger partial charge in [0, 0.05) is 19.5 Å². The van der Waals surface area contributed by atoms with Crippen molar-refractivity contribution in [3.63, 3.8) is 0 Å². The molecule has 0 atom stereocenters. The number of carbonyl (C=O) groups excluding carboxylic acids is 1. The van der Waals surface area contributed by atoms with Crippen molar-refractivity contribution in [2.75, 3.05) is 19.7 Å². The summed E-state index contributed by atoms with van der Waals surface area (Å²) in [6, 6.07) is 6.40. The summed E-state index contributed by atoms with van der Waals surface area (Å²) in [5.74, 6) is 0.576. The lowest BCUT2D eigenvalue weighted by molar-refractivity contribution is -0.108. The number of hydrogen-bond donors (Lipinski definition) is 0. The minimum atomic E-state index is -3.41. The molecule has 0 unspecified atom stereocenters. The van der Waals surface area contributed by atoms with Crippen LogP contribution in [0.25, 0.3) is 0 Å². The van der Waals surface area contributed by atoms with E-state index in [-0.39, 0.29) is 0 Å². The van der Waals surface area contributed by atoms with E-state index in [1.807, 2.05) is 0 Å². The number of rotatable bonds is 6. The molecule has 5 nitrogen and oxygen atoms in total. The maximum absolute atomic E-state index is 12.6. The lowest BCUT2D eigenvalue weighted by Crippen LogP contribution is -2.31. The van der Waals surface area contributed by atoms with Crippen LogP contribution < -0.4 is 4.74 Å². The van der Waals surface area contributed by atoms with E-state index in [0.29, 0.717) is 36.8 Å². The lowest BCUT2D eigenvalue weighted by atomic mass is 10.2. The largest absolute Gasteiger partial charge is 0.493 e. The molecule has 0 aliphatic carbocycles. The van der Waals surface area contributed by atoms with Crippen LogP contribution in [0.1, 0.15) is 32.1 Å². The second-order valence-corrected chi connectivity index (χ2v) is 7.03. The Balaban J connectivity index is 2.07. The first kappa shape index (κ1) is 16.0. The average Bonchev–Trinajstić information content (AvgIpc) is 2.78. The Kier molecular flexibility index (Phi) is 5.76. The molecule has 0 saturated carbocycles. The van der Waals surface area contributed by atoms with Gasteiger partial charge >= 0.3 is 0 Å². The van der Waals surface area contributed by atoms with Gasteiger partial charge in [0.2, 0.25) is 10.0 Å². The average molecular weight is 311 g/mol. The standard InChI is InChI=1S/C15H21NO4S/c17-12-5-13-20-14-6-8-15(9-7-14)21(18,19)16-10-3-1-2-4-11-16/h6-9,12H,1-5,10-11,13H2. The van der Waals surface area contributed by atoms with Gasteiger partial charge in [-0.2, -0.15) is 4.31 Å². The van der Waals surface area contributed by atoms with Gasteiger partial charge in [0.1, 0.15) is 12.0 Å². The molecule has 1 aliphatic rings. The van der Waals surface area contributed by atoms with Gasteiger partial charge in [0.05, 0.1) is 11.5 Å². The van der Waals surface area contributed by atoms with Crippen LogP contribution >= 0.6 is 0 Å². The summed E-state index contributed by atoms with van der Waals surface area (Å²) in [5, 5.41) is 0. The minimum Gasteiger partial charge on any atom is -0.493 e. The molecule has 2 rings (SSSR count). The summed E-state index contributed by atoms with van der Waals surface area (Å²) < 4.78 is 32.0. The molecule has 0 amide bonds. The predicted octanol–water partition coefficient (Wildman–Crippen LogP) is 2.22. The Morgan fingerprint density at radius 1 is 1.05 bits per heavy atom. The summed E-state index contributed by atoms with van der Waals surface area (Å²) in [7, 11) is -3.41. The van der Waals surface area contributed by atoms with Crippen LogP contribution in [-0.4, -0.2) is 38.7 Å². The fourth-order valence-electron chi connectivity index (χ4n) is 2.36. The molecule has 1 fully saturated rings. The highest BCUT2D eigenvalue weighted by Crippen LogP contribution is 2.22. The molecule has 0 spiro atoms. The van der Waals surface area contributed by atoms with Gasteiger partial charge in [-0.3, -0.25) is 0 Å². The molecule has 0 radical (unpaired) electrons. The van der Waals surface area contributed by atoms with Crippen molar-refractivity contribution in [2.45, 2.75) is 37.0 Å². The minimum absolute atomic E-state index is 0.298. The highest BCUT2D eigenvalue weighted by molar-refractivity contribution is 7.89. The first-order valence-corrected chi connectivity index (χ1v) is 8.75. The zero-order valence-corrected chi connectivity index (χ0v) is 12.8. The molecule has 1 aliphatic heterocycles. The fraction of sp³-hybridized carbons (Fsp3) is 0.533. The molecule has 0 N–H and O–H groups in total. The van der Waals surface area contributed by atoms with Gasteiger partial charge in [0.15, 0.2) is 0 Å². The van der Waals surface area contributed by atoms with Crippen molar-refractivity contribution < 1.29 is 17.9 Å². The number of sulfonamides is 1. The van der Waals surface area contributed by atoms with Crippen molar-refractivity contribution in [1.82, 2.24) is 4.31 Å². The quantitative estimate of drug-likeness (QED) is 0.597. The molecule has 0 aromatic heterocycles. The normalized spacial score (nSPS) is 17.1. The van der Waals surface area contributed by atoms with Gasteiger partial charge in [-0.1, -0.05) is 12.8 Å². The Morgan fingerprint density at radius 3 is 2.24 bits per heavy atom. The number of carbonyl (C=O) groups is 1. The maximum Gasteiger partial charge on any atom is 0.243 e. The van der Waals surface area contributed by atoms with Gasteiger partial charge < -0.3 is 9.53 Å². The zero-order valence-electron chi connectivity index (χ0n) is 12.0. The first-order chi connectivity index (χ1) is 10.1. The Morgan fingerprint density at radius 2 is 1.67 bits per heavy atom. The number of nitrogens with zero attached hydrogens (tertiary/aromatic N) is 1. The monoisotopic (exact) mass is 311 g/mol. The van der Waals surface area contributed by atoms with Gasteiger partial charge in [-0.15, -0.1) is 0 Å². The molecule has 116 valence electrons. The van der Waals surface area contributed by atoms with Crippen LogP contribution in [0.15, 0.2) is 29.2 Å². The molecule has 1 aromatic rings. The third-order valence-corrected chi connectivity index (χ3v) is 5.44. The van der Waals surface area contributed by atoms with E-state index < -0.39 is 10.0 Å². The van der Waals surface area contributed by atoms with Crippen LogP contribution in [0.5, 0.6) is 5.75 Å². The number of ether oxygens (including phenoxy) is 1. The van der Waals surface area contributed by atoms with Crippen molar-refractivity contribution in [3.05, 3.63) is 24.3 Å². The summed E-state index contributed by atoms with van der Waals surface area (Å²) in [6.07, 6.45) is 5.15. The van der Waals surface area contributed by atoms with Gasteiger partial charge in [0.25, 0.3) is 0 Å². The first-order valence-electron chi connectivity index (χ1n) is 7.31. The van der Waals surface area contributed by atoms with Crippen LogP contribution in [0.3, 0.4) is 0 Å².